The number of unbranched alkanes of at least 4 members (excludes halogenated alkanes) is 2. The molecule has 0 aromatic heterocycles. The summed E-state index contributed by atoms with van der Waals surface area (Å²) >= 11 is 0. The van der Waals surface area contributed by atoms with Crippen LogP contribution in [0.3, 0.4) is 0 Å². The average Bonchev–Trinajstić information content (AvgIpc) is 2.52. The van der Waals surface area contributed by atoms with E-state index in [-0.39, 0.29) is 13.0 Å². The predicted molar refractivity (Wildman–Crippen MR) is 105 cm³/mol. The molecule has 8 heteroatoms. The fourth-order valence-electron chi connectivity index (χ4n) is 2.23. The standard InChI is InChI=1S/C20H35NO7/c1-19(2,3)27-17(24)21(18(25)28-20(4,5)6)15(16(23)26-7)13-11-9-8-10-12-14-22/h10,12,15,22H,8-9,11,13-14H2,1-7H3/b12-10+/t15-/m0/s1. The van der Waals surface area contributed by atoms with Gasteiger partial charge in [0.25, 0.3) is 0 Å². The molecular weight excluding hydrogens is 366 g/mol. The molecule has 0 aliphatic rings. The molecule has 0 unspecified atom stereocenters. The van der Waals surface area contributed by atoms with Crippen molar-refractivity contribution in [1.29, 1.82) is 0 Å². The number of hydrogen-bond acceptors (Lipinski definition) is 7. The monoisotopic (exact) mass is 401 g/mol. The first kappa shape index (κ1) is 25.9. The number of imide groups is 1. The molecule has 0 saturated carbocycles. The Morgan fingerprint density at radius 1 is 0.929 bits per heavy atom. The zero-order valence-electron chi connectivity index (χ0n) is 18.1. The number of methoxy groups -OCH3 is 1. The Morgan fingerprint density at radius 2 is 1.43 bits per heavy atom. The minimum atomic E-state index is -1.16. The lowest BCUT2D eigenvalue weighted by Crippen LogP contribution is -2.52. The Bertz CT molecular complexity index is 516. The van der Waals surface area contributed by atoms with E-state index < -0.39 is 35.4 Å². The molecule has 0 rings (SSSR count). The van der Waals surface area contributed by atoms with Gasteiger partial charge >= 0.3 is 18.2 Å². The van der Waals surface area contributed by atoms with Gasteiger partial charge in [0, 0.05) is 0 Å². The van der Waals surface area contributed by atoms with Gasteiger partial charge in [0.05, 0.1) is 13.7 Å². The summed E-state index contributed by atoms with van der Waals surface area (Å²) in [6, 6.07) is -1.16. The maximum absolute atomic E-state index is 12.7. The summed E-state index contributed by atoms with van der Waals surface area (Å²) in [7, 11) is 1.20. The van der Waals surface area contributed by atoms with E-state index in [0.29, 0.717) is 24.2 Å². The Hall–Kier alpha value is -2.09. The molecule has 8 nitrogen and oxygen atoms in total. The van der Waals surface area contributed by atoms with Gasteiger partial charge in [-0.25, -0.2) is 14.4 Å². The molecule has 0 bridgehead atoms. The zero-order valence-corrected chi connectivity index (χ0v) is 18.1. The van der Waals surface area contributed by atoms with Crippen molar-refractivity contribution < 1.29 is 33.7 Å². The highest BCUT2D eigenvalue weighted by Gasteiger charge is 2.40. The van der Waals surface area contributed by atoms with E-state index in [4.69, 9.17) is 19.3 Å². The van der Waals surface area contributed by atoms with Gasteiger partial charge in [0.1, 0.15) is 17.2 Å². The number of esters is 1. The smallest absolute Gasteiger partial charge is 0.420 e. The first-order chi connectivity index (χ1) is 12.8. The minimum absolute atomic E-state index is 0.0319. The van der Waals surface area contributed by atoms with Gasteiger partial charge in [0.15, 0.2) is 0 Å². The number of amides is 2. The van der Waals surface area contributed by atoms with E-state index in [2.05, 4.69) is 0 Å². The molecule has 2 amide bonds. The van der Waals surface area contributed by atoms with Crippen LogP contribution in [0.25, 0.3) is 0 Å². The van der Waals surface area contributed by atoms with Gasteiger partial charge in [-0.15, -0.1) is 0 Å². The summed E-state index contributed by atoms with van der Waals surface area (Å²) in [6.45, 7) is 9.96. The number of rotatable bonds is 8. The van der Waals surface area contributed by atoms with Crippen LogP contribution in [0.2, 0.25) is 0 Å². The lowest BCUT2D eigenvalue weighted by Gasteiger charge is -2.32. The van der Waals surface area contributed by atoms with Crippen LogP contribution in [-0.2, 0) is 19.0 Å². The van der Waals surface area contributed by atoms with Crippen molar-refractivity contribution in [2.45, 2.75) is 84.5 Å². The molecule has 0 heterocycles. The van der Waals surface area contributed by atoms with E-state index in [0.717, 1.165) is 0 Å². The van der Waals surface area contributed by atoms with Crippen molar-refractivity contribution in [3.05, 3.63) is 12.2 Å². The fourth-order valence-corrected chi connectivity index (χ4v) is 2.23. The highest BCUT2D eigenvalue weighted by atomic mass is 16.6. The van der Waals surface area contributed by atoms with Crippen molar-refractivity contribution in [3.63, 3.8) is 0 Å². The van der Waals surface area contributed by atoms with Gasteiger partial charge < -0.3 is 19.3 Å². The predicted octanol–water partition coefficient (Wildman–Crippen LogP) is 3.81. The van der Waals surface area contributed by atoms with Gasteiger partial charge in [-0.05, 0) is 60.8 Å². The summed E-state index contributed by atoms with van der Waals surface area (Å²) in [4.78, 5) is 38.4. The maximum atomic E-state index is 12.7. The topological polar surface area (TPSA) is 102 Å². The van der Waals surface area contributed by atoms with Gasteiger partial charge in [-0.1, -0.05) is 18.6 Å². The SMILES string of the molecule is COC(=O)[C@H](CCCC/C=C/CO)N(C(=O)OC(C)(C)C)C(=O)OC(C)(C)C. The normalized spacial score (nSPS) is 13.1. The van der Waals surface area contributed by atoms with Crippen LogP contribution >= 0.6 is 0 Å². The molecule has 162 valence electrons. The van der Waals surface area contributed by atoms with Crippen molar-refractivity contribution >= 4 is 18.2 Å². The fraction of sp³-hybridized carbons (Fsp3) is 0.750. The Kier molecular flexibility index (Phi) is 10.8. The van der Waals surface area contributed by atoms with E-state index in [1.807, 2.05) is 6.08 Å². The summed E-state index contributed by atoms with van der Waals surface area (Å²) in [5, 5.41) is 8.74. The minimum Gasteiger partial charge on any atom is -0.467 e. The van der Waals surface area contributed by atoms with Gasteiger partial charge in [-0.3, -0.25) is 0 Å². The van der Waals surface area contributed by atoms with Crippen LogP contribution in [0.5, 0.6) is 0 Å². The van der Waals surface area contributed by atoms with E-state index in [1.165, 1.54) is 7.11 Å². The molecule has 0 fully saturated rings. The summed E-state index contributed by atoms with van der Waals surface area (Å²) in [5.74, 6) is -0.720. The summed E-state index contributed by atoms with van der Waals surface area (Å²) < 4.78 is 15.4. The van der Waals surface area contributed by atoms with Crippen LogP contribution in [0, 0.1) is 0 Å². The van der Waals surface area contributed by atoms with Crippen LogP contribution in [-0.4, -0.2) is 59.1 Å². The Labute approximate surface area is 167 Å². The first-order valence-electron chi connectivity index (χ1n) is 9.41. The quantitative estimate of drug-likeness (QED) is 0.285. The van der Waals surface area contributed by atoms with Crippen LogP contribution < -0.4 is 0 Å². The van der Waals surface area contributed by atoms with Crippen LogP contribution in [0.1, 0.15) is 67.2 Å². The van der Waals surface area contributed by atoms with E-state index >= 15 is 0 Å². The van der Waals surface area contributed by atoms with Crippen LogP contribution in [0.15, 0.2) is 12.2 Å². The van der Waals surface area contributed by atoms with E-state index in [9.17, 15) is 14.4 Å². The number of carbonyl (C=O) groups excluding carboxylic acids is 3. The number of aliphatic hydroxyl groups excluding tert-OH is 1. The number of nitrogens with zero attached hydrogens (tertiary/aromatic N) is 1. The van der Waals surface area contributed by atoms with Gasteiger partial charge in [0.2, 0.25) is 0 Å². The Balaban J connectivity index is 5.50. The highest BCUT2D eigenvalue weighted by molar-refractivity contribution is 5.94. The molecule has 0 aliphatic heterocycles. The first-order valence-corrected chi connectivity index (χ1v) is 9.41. The third-order valence-electron chi connectivity index (χ3n) is 3.34. The molecule has 0 saturated heterocycles. The molecule has 1 N–H and O–H groups in total. The van der Waals surface area contributed by atoms with Gasteiger partial charge in [-0.2, -0.15) is 4.90 Å². The summed E-state index contributed by atoms with van der Waals surface area (Å²) in [6.07, 6.45) is 3.71. The third kappa shape index (κ3) is 10.9. The second-order valence-electron chi connectivity index (χ2n) is 8.31. The molecule has 1 atom stereocenters. The number of allylic oxidation sites excluding steroid dienone is 1. The molecular formula is C20H35NO7. The second kappa shape index (κ2) is 11.7. The highest BCUT2D eigenvalue weighted by Crippen LogP contribution is 2.20. The Morgan fingerprint density at radius 3 is 1.82 bits per heavy atom. The molecule has 0 aromatic rings. The largest absolute Gasteiger partial charge is 0.467 e. The maximum Gasteiger partial charge on any atom is 0.420 e. The third-order valence-corrected chi connectivity index (χ3v) is 3.34. The molecule has 0 radical (unpaired) electrons. The number of ether oxygens (including phenoxy) is 3. The van der Waals surface area contributed by atoms with Crippen LogP contribution in [0.4, 0.5) is 9.59 Å². The van der Waals surface area contributed by atoms with Crippen molar-refractivity contribution in [2.75, 3.05) is 13.7 Å². The molecule has 0 aliphatic carbocycles. The zero-order chi connectivity index (χ0) is 22.0. The lowest BCUT2D eigenvalue weighted by atomic mass is 10.1. The molecule has 0 aromatic carbocycles. The van der Waals surface area contributed by atoms with E-state index in [1.54, 1.807) is 47.6 Å². The number of aliphatic hydroxyl groups is 1. The molecule has 28 heavy (non-hydrogen) atoms. The number of hydrogen-bond donors (Lipinski definition) is 1. The van der Waals surface area contributed by atoms with Crippen molar-refractivity contribution in [3.8, 4) is 0 Å². The number of carbonyl (C=O) groups is 3. The van der Waals surface area contributed by atoms with Crippen molar-refractivity contribution in [2.24, 2.45) is 0 Å². The lowest BCUT2D eigenvalue weighted by molar-refractivity contribution is -0.147. The average molecular weight is 402 g/mol. The van der Waals surface area contributed by atoms with Crippen molar-refractivity contribution in [1.82, 2.24) is 4.90 Å². The molecule has 0 spiro atoms. The second-order valence-corrected chi connectivity index (χ2v) is 8.31. The summed E-state index contributed by atoms with van der Waals surface area (Å²) in [5.41, 5.74) is -1.71.